The van der Waals surface area contributed by atoms with Crippen molar-refractivity contribution in [1.29, 1.82) is 0 Å². The highest BCUT2D eigenvalue weighted by molar-refractivity contribution is 7.89. The number of aromatic nitrogens is 2. The zero-order valence-corrected chi connectivity index (χ0v) is 13.7. The number of aryl methyl sites for hydroxylation is 1. The summed E-state index contributed by atoms with van der Waals surface area (Å²) in [5.41, 5.74) is 0. The fourth-order valence-electron chi connectivity index (χ4n) is 2.52. The SMILES string of the molecule is CCOC(=O)[C@@H]1CCCN(S(=O)(=O)c2cn(C)nc2[N+](=O)[O-])C1. The molecule has 0 radical (unpaired) electrons. The van der Waals surface area contributed by atoms with Crippen LogP contribution in [0.5, 0.6) is 0 Å². The van der Waals surface area contributed by atoms with Gasteiger partial charge >= 0.3 is 11.8 Å². The molecule has 1 aromatic heterocycles. The minimum Gasteiger partial charge on any atom is -0.466 e. The number of ether oxygens (including phenoxy) is 1. The van der Waals surface area contributed by atoms with Crippen LogP contribution in [0.25, 0.3) is 0 Å². The molecule has 1 saturated heterocycles. The second-order valence-corrected chi connectivity index (χ2v) is 7.11. The van der Waals surface area contributed by atoms with Crippen LogP contribution in [0.15, 0.2) is 11.1 Å². The smallest absolute Gasteiger partial charge is 0.410 e. The molecule has 0 amide bonds. The predicted octanol–water partition coefficient (Wildman–Crippen LogP) is 0.292. The average Bonchev–Trinajstić information content (AvgIpc) is 2.91. The Morgan fingerprint density at radius 2 is 2.26 bits per heavy atom. The Bertz CT molecular complexity index is 713. The minimum absolute atomic E-state index is 0.0484. The number of rotatable bonds is 5. The molecule has 0 aromatic carbocycles. The van der Waals surface area contributed by atoms with Crippen molar-refractivity contribution in [1.82, 2.24) is 14.1 Å². The molecule has 0 bridgehead atoms. The highest BCUT2D eigenvalue weighted by atomic mass is 32.2. The molecule has 0 unspecified atom stereocenters. The topological polar surface area (TPSA) is 125 Å². The molecule has 0 N–H and O–H groups in total. The van der Waals surface area contributed by atoms with Crippen LogP contribution in [-0.2, 0) is 26.6 Å². The number of hydrogen-bond acceptors (Lipinski definition) is 7. The molecule has 1 aliphatic heterocycles. The van der Waals surface area contributed by atoms with Gasteiger partial charge in [0.1, 0.15) is 0 Å². The summed E-state index contributed by atoms with van der Waals surface area (Å²) in [6.07, 6.45) is 2.11. The summed E-state index contributed by atoms with van der Waals surface area (Å²) in [6, 6.07) is 0. The first-order valence-electron chi connectivity index (χ1n) is 7.12. The number of hydrogen-bond donors (Lipinski definition) is 0. The Labute approximate surface area is 133 Å². The third-order valence-corrected chi connectivity index (χ3v) is 5.43. The van der Waals surface area contributed by atoms with Gasteiger partial charge in [-0.3, -0.25) is 4.79 Å². The molecule has 1 atom stereocenters. The van der Waals surface area contributed by atoms with Gasteiger partial charge in [0, 0.05) is 13.1 Å². The second-order valence-electron chi connectivity index (χ2n) is 5.20. The van der Waals surface area contributed by atoms with Gasteiger partial charge < -0.3 is 14.9 Å². The molecule has 1 aliphatic rings. The summed E-state index contributed by atoms with van der Waals surface area (Å²) in [4.78, 5) is 21.5. The highest BCUT2D eigenvalue weighted by Crippen LogP contribution is 2.29. The first-order valence-corrected chi connectivity index (χ1v) is 8.56. The Morgan fingerprint density at radius 1 is 1.57 bits per heavy atom. The van der Waals surface area contributed by atoms with Gasteiger partial charge in [-0.1, -0.05) is 0 Å². The normalized spacial score (nSPS) is 19.5. The van der Waals surface area contributed by atoms with Gasteiger partial charge in [-0.05, 0) is 24.7 Å². The van der Waals surface area contributed by atoms with Gasteiger partial charge in [-0.15, -0.1) is 0 Å². The lowest BCUT2D eigenvalue weighted by atomic mass is 10.0. The van der Waals surface area contributed by atoms with Crippen LogP contribution < -0.4 is 0 Å². The first-order chi connectivity index (χ1) is 10.8. The van der Waals surface area contributed by atoms with E-state index in [0.717, 1.165) is 15.2 Å². The second kappa shape index (κ2) is 6.62. The molecule has 11 heteroatoms. The van der Waals surface area contributed by atoms with Gasteiger partial charge in [0.25, 0.3) is 10.0 Å². The number of piperidine rings is 1. The van der Waals surface area contributed by atoms with Gasteiger partial charge in [0.2, 0.25) is 4.90 Å². The predicted molar refractivity (Wildman–Crippen MR) is 78.0 cm³/mol. The first kappa shape index (κ1) is 17.3. The van der Waals surface area contributed by atoms with E-state index < -0.39 is 37.5 Å². The third-order valence-electron chi connectivity index (χ3n) is 3.57. The van der Waals surface area contributed by atoms with Crippen molar-refractivity contribution in [3.8, 4) is 0 Å². The van der Waals surface area contributed by atoms with E-state index in [1.54, 1.807) is 6.92 Å². The van der Waals surface area contributed by atoms with Crippen molar-refractivity contribution in [2.75, 3.05) is 19.7 Å². The number of carbonyl (C=O) groups is 1. The van der Waals surface area contributed by atoms with Crippen LogP contribution in [-0.4, -0.2) is 53.1 Å². The van der Waals surface area contributed by atoms with E-state index in [0.29, 0.717) is 12.8 Å². The van der Waals surface area contributed by atoms with E-state index in [9.17, 15) is 23.3 Å². The number of nitro groups is 1. The molecule has 128 valence electrons. The number of esters is 1. The van der Waals surface area contributed by atoms with Gasteiger partial charge in [-0.2, -0.15) is 8.99 Å². The van der Waals surface area contributed by atoms with E-state index in [1.807, 2.05) is 0 Å². The number of carbonyl (C=O) groups excluding carboxylic acids is 1. The van der Waals surface area contributed by atoms with Crippen molar-refractivity contribution in [3.63, 3.8) is 0 Å². The largest absolute Gasteiger partial charge is 0.466 e. The maximum Gasteiger partial charge on any atom is 0.410 e. The van der Waals surface area contributed by atoms with Gasteiger partial charge in [-0.25, -0.2) is 8.42 Å². The van der Waals surface area contributed by atoms with Crippen LogP contribution in [0.4, 0.5) is 5.82 Å². The van der Waals surface area contributed by atoms with E-state index in [4.69, 9.17) is 4.74 Å². The maximum absolute atomic E-state index is 12.7. The van der Waals surface area contributed by atoms with E-state index in [-0.39, 0.29) is 19.7 Å². The van der Waals surface area contributed by atoms with Crippen LogP contribution in [0.3, 0.4) is 0 Å². The molecule has 10 nitrogen and oxygen atoms in total. The summed E-state index contributed by atoms with van der Waals surface area (Å²) in [5, 5.41) is 14.6. The fraction of sp³-hybridized carbons (Fsp3) is 0.667. The summed E-state index contributed by atoms with van der Waals surface area (Å²) in [5.74, 6) is -1.73. The lowest BCUT2D eigenvalue weighted by molar-refractivity contribution is -0.392. The summed E-state index contributed by atoms with van der Waals surface area (Å²) >= 11 is 0. The lowest BCUT2D eigenvalue weighted by Crippen LogP contribution is -2.42. The van der Waals surface area contributed by atoms with Crippen molar-refractivity contribution >= 4 is 21.8 Å². The Morgan fingerprint density at radius 3 is 2.87 bits per heavy atom. The lowest BCUT2D eigenvalue weighted by Gasteiger charge is -2.30. The van der Waals surface area contributed by atoms with Crippen molar-refractivity contribution in [3.05, 3.63) is 16.3 Å². The molecule has 0 aliphatic carbocycles. The highest BCUT2D eigenvalue weighted by Gasteiger charge is 2.39. The molecule has 23 heavy (non-hydrogen) atoms. The Hall–Kier alpha value is -2.01. The molecule has 2 heterocycles. The molecule has 1 fully saturated rings. The van der Waals surface area contributed by atoms with Crippen molar-refractivity contribution in [2.24, 2.45) is 13.0 Å². The number of sulfonamides is 1. The van der Waals surface area contributed by atoms with Gasteiger partial charge in [0.05, 0.1) is 30.9 Å². The fourth-order valence-corrected chi connectivity index (χ4v) is 4.17. The molecule has 0 spiro atoms. The van der Waals surface area contributed by atoms with Crippen LogP contribution in [0, 0.1) is 16.0 Å². The minimum atomic E-state index is -4.10. The van der Waals surface area contributed by atoms with Crippen LogP contribution in [0.2, 0.25) is 0 Å². The zero-order valence-electron chi connectivity index (χ0n) is 12.8. The third kappa shape index (κ3) is 3.50. The Kier molecular flexibility index (Phi) is 5.00. The van der Waals surface area contributed by atoms with E-state index >= 15 is 0 Å². The standard InChI is InChI=1S/C12H18N4O6S/c1-3-22-12(17)9-5-4-6-15(7-9)23(20,21)10-8-14(2)13-11(10)16(18)19/h8-9H,3-7H2,1-2H3/t9-/m1/s1. The quantitative estimate of drug-likeness (QED) is 0.426. The monoisotopic (exact) mass is 346 g/mol. The Balaban J connectivity index is 2.29. The average molecular weight is 346 g/mol. The summed E-state index contributed by atoms with van der Waals surface area (Å²) in [7, 11) is -2.69. The van der Waals surface area contributed by atoms with Crippen molar-refractivity contribution < 1.29 is 22.9 Å². The van der Waals surface area contributed by atoms with E-state index in [1.165, 1.54) is 7.05 Å². The van der Waals surface area contributed by atoms with Crippen LogP contribution >= 0.6 is 0 Å². The molecular formula is C12H18N4O6S. The van der Waals surface area contributed by atoms with Crippen LogP contribution in [0.1, 0.15) is 19.8 Å². The van der Waals surface area contributed by atoms with Crippen molar-refractivity contribution in [2.45, 2.75) is 24.7 Å². The molecule has 1 aromatic rings. The summed E-state index contributed by atoms with van der Waals surface area (Å²) < 4.78 is 32.4. The molecule has 0 saturated carbocycles. The molecule has 2 rings (SSSR count). The number of nitrogens with zero attached hydrogens (tertiary/aromatic N) is 4. The van der Waals surface area contributed by atoms with E-state index in [2.05, 4.69) is 5.10 Å². The maximum atomic E-state index is 12.7. The molecular weight excluding hydrogens is 328 g/mol. The zero-order chi connectivity index (χ0) is 17.2. The summed E-state index contributed by atoms with van der Waals surface area (Å²) in [6.45, 7) is 2.04. The van der Waals surface area contributed by atoms with Gasteiger partial charge in [0.15, 0.2) is 0 Å².